The second-order valence-electron chi connectivity index (χ2n) is 5.27. The van der Waals surface area contributed by atoms with Crippen LogP contribution in [0.1, 0.15) is 16.7 Å². The lowest BCUT2D eigenvalue weighted by atomic mass is 9.80. The number of β-amino-alcohol motifs (C(OH)–C–C–N with tert-alkyl or cyclic N) is 1. The largest absolute Gasteiger partial charge is 0.398 e. The molecule has 98 valence electrons. The summed E-state index contributed by atoms with van der Waals surface area (Å²) in [4.78, 5) is 2.10. The number of hydrogen-bond donors (Lipinski definition) is 2. The van der Waals surface area contributed by atoms with Gasteiger partial charge in [-0.15, -0.1) is 0 Å². The molecule has 1 heterocycles. The zero-order valence-corrected chi connectivity index (χ0v) is 11.0. The SMILES string of the molecule is CN1Cc2c(N)cccc2C(O)(c2ccccc2)C1. The first-order valence-corrected chi connectivity index (χ1v) is 6.45. The van der Waals surface area contributed by atoms with Gasteiger partial charge in [0.15, 0.2) is 0 Å². The Hall–Kier alpha value is -1.84. The van der Waals surface area contributed by atoms with Gasteiger partial charge in [0, 0.05) is 18.8 Å². The van der Waals surface area contributed by atoms with Crippen LogP contribution in [0.4, 0.5) is 5.69 Å². The molecule has 0 amide bonds. The number of nitrogen functional groups attached to an aromatic ring is 1. The van der Waals surface area contributed by atoms with Crippen LogP contribution in [-0.4, -0.2) is 23.6 Å². The van der Waals surface area contributed by atoms with Crippen molar-refractivity contribution in [1.82, 2.24) is 4.90 Å². The van der Waals surface area contributed by atoms with Crippen LogP contribution in [0.5, 0.6) is 0 Å². The van der Waals surface area contributed by atoms with E-state index in [4.69, 9.17) is 5.73 Å². The summed E-state index contributed by atoms with van der Waals surface area (Å²) in [7, 11) is 2.00. The quantitative estimate of drug-likeness (QED) is 0.765. The van der Waals surface area contributed by atoms with E-state index in [1.54, 1.807) is 0 Å². The molecule has 1 unspecified atom stereocenters. The number of aliphatic hydroxyl groups is 1. The van der Waals surface area contributed by atoms with Crippen molar-refractivity contribution in [2.45, 2.75) is 12.1 Å². The van der Waals surface area contributed by atoms with Crippen molar-refractivity contribution in [3.8, 4) is 0 Å². The maximum absolute atomic E-state index is 11.2. The molecule has 0 saturated carbocycles. The van der Waals surface area contributed by atoms with E-state index in [0.29, 0.717) is 6.54 Å². The van der Waals surface area contributed by atoms with Crippen molar-refractivity contribution in [2.75, 3.05) is 19.3 Å². The Morgan fingerprint density at radius 1 is 1.11 bits per heavy atom. The first kappa shape index (κ1) is 12.2. The second-order valence-corrected chi connectivity index (χ2v) is 5.27. The van der Waals surface area contributed by atoms with Gasteiger partial charge in [0.1, 0.15) is 5.60 Å². The monoisotopic (exact) mass is 254 g/mol. The minimum Gasteiger partial charge on any atom is -0.398 e. The van der Waals surface area contributed by atoms with E-state index in [0.717, 1.165) is 28.9 Å². The molecule has 3 heteroatoms. The van der Waals surface area contributed by atoms with E-state index in [9.17, 15) is 5.11 Å². The van der Waals surface area contributed by atoms with Gasteiger partial charge < -0.3 is 10.8 Å². The highest BCUT2D eigenvalue weighted by Gasteiger charge is 2.38. The molecule has 3 nitrogen and oxygen atoms in total. The predicted molar refractivity (Wildman–Crippen MR) is 76.6 cm³/mol. The van der Waals surface area contributed by atoms with Gasteiger partial charge in [-0.3, -0.25) is 4.90 Å². The predicted octanol–water partition coefficient (Wildman–Crippen LogP) is 1.95. The molecule has 0 aliphatic carbocycles. The van der Waals surface area contributed by atoms with Gasteiger partial charge in [0.25, 0.3) is 0 Å². The molecule has 19 heavy (non-hydrogen) atoms. The van der Waals surface area contributed by atoms with Crippen molar-refractivity contribution < 1.29 is 5.11 Å². The molecule has 2 aromatic carbocycles. The maximum atomic E-state index is 11.2. The van der Waals surface area contributed by atoms with Crippen LogP contribution in [0.25, 0.3) is 0 Å². The van der Waals surface area contributed by atoms with E-state index < -0.39 is 5.60 Å². The third kappa shape index (κ3) is 1.91. The minimum absolute atomic E-state index is 0.577. The van der Waals surface area contributed by atoms with E-state index in [1.165, 1.54) is 0 Å². The summed E-state index contributed by atoms with van der Waals surface area (Å²) in [5.74, 6) is 0. The fourth-order valence-electron chi connectivity index (χ4n) is 2.93. The molecule has 1 aliphatic heterocycles. The standard InChI is InChI=1S/C16H18N2O/c1-18-10-13-14(8-5-9-15(13)17)16(19,11-18)12-6-3-2-4-7-12/h2-9,19H,10-11,17H2,1H3. The van der Waals surface area contributed by atoms with Crippen LogP contribution < -0.4 is 5.73 Å². The zero-order chi connectivity index (χ0) is 13.5. The molecule has 1 atom stereocenters. The Morgan fingerprint density at radius 2 is 1.84 bits per heavy atom. The molecule has 0 saturated heterocycles. The molecule has 3 N–H and O–H groups in total. The lowest BCUT2D eigenvalue weighted by Crippen LogP contribution is -2.45. The molecule has 0 spiro atoms. The number of rotatable bonds is 1. The van der Waals surface area contributed by atoms with Gasteiger partial charge in [0.2, 0.25) is 0 Å². The van der Waals surface area contributed by atoms with Gasteiger partial charge in [0.05, 0.1) is 0 Å². The van der Waals surface area contributed by atoms with E-state index in [-0.39, 0.29) is 0 Å². The summed E-state index contributed by atoms with van der Waals surface area (Å²) in [6.07, 6.45) is 0. The smallest absolute Gasteiger partial charge is 0.128 e. The van der Waals surface area contributed by atoms with Crippen molar-refractivity contribution in [2.24, 2.45) is 0 Å². The summed E-state index contributed by atoms with van der Waals surface area (Å²) in [6, 6.07) is 15.6. The summed E-state index contributed by atoms with van der Waals surface area (Å²) in [6.45, 7) is 1.35. The molecular formula is C16H18N2O. The Balaban J connectivity index is 2.21. The molecular weight excluding hydrogens is 236 g/mol. The van der Waals surface area contributed by atoms with Gasteiger partial charge in [-0.1, -0.05) is 42.5 Å². The molecule has 1 aliphatic rings. The normalized spacial score (nSPS) is 23.1. The maximum Gasteiger partial charge on any atom is 0.128 e. The van der Waals surface area contributed by atoms with Crippen LogP contribution in [0.15, 0.2) is 48.5 Å². The molecule has 0 bridgehead atoms. The van der Waals surface area contributed by atoms with Gasteiger partial charge >= 0.3 is 0 Å². The molecule has 0 fully saturated rings. The average molecular weight is 254 g/mol. The summed E-state index contributed by atoms with van der Waals surface area (Å²) < 4.78 is 0. The number of nitrogens with zero attached hydrogens (tertiary/aromatic N) is 1. The summed E-state index contributed by atoms with van der Waals surface area (Å²) in [5.41, 5.74) is 8.69. The highest BCUT2D eigenvalue weighted by Crippen LogP contribution is 2.38. The van der Waals surface area contributed by atoms with Crippen LogP contribution in [0.3, 0.4) is 0 Å². The van der Waals surface area contributed by atoms with Crippen LogP contribution in [0, 0.1) is 0 Å². The van der Waals surface area contributed by atoms with Crippen molar-refractivity contribution >= 4 is 5.69 Å². The van der Waals surface area contributed by atoms with Gasteiger partial charge in [-0.05, 0) is 29.8 Å². The number of hydrogen-bond acceptors (Lipinski definition) is 3. The Kier molecular flexibility index (Phi) is 2.81. The molecule has 3 rings (SSSR count). The first-order valence-electron chi connectivity index (χ1n) is 6.45. The Bertz CT molecular complexity index is 597. The Labute approximate surface area is 113 Å². The number of likely N-dealkylation sites (N-methyl/N-ethyl adjacent to an activating group) is 1. The third-order valence-electron chi connectivity index (χ3n) is 3.84. The van der Waals surface area contributed by atoms with Gasteiger partial charge in [-0.25, -0.2) is 0 Å². The first-order chi connectivity index (χ1) is 9.11. The van der Waals surface area contributed by atoms with Crippen molar-refractivity contribution in [1.29, 1.82) is 0 Å². The summed E-state index contributed by atoms with van der Waals surface area (Å²) >= 11 is 0. The molecule has 0 radical (unpaired) electrons. The van der Waals surface area contributed by atoms with E-state index in [2.05, 4.69) is 4.90 Å². The van der Waals surface area contributed by atoms with E-state index in [1.807, 2.05) is 55.6 Å². The minimum atomic E-state index is -0.987. The third-order valence-corrected chi connectivity index (χ3v) is 3.84. The summed E-state index contributed by atoms with van der Waals surface area (Å²) in [5, 5.41) is 11.2. The fourth-order valence-corrected chi connectivity index (χ4v) is 2.93. The number of anilines is 1. The highest BCUT2D eigenvalue weighted by molar-refractivity contribution is 5.56. The lowest BCUT2D eigenvalue weighted by Gasteiger charge is -2.40. The number of fused-ring (bicyclic) bond motifs is 1. The number of benzene rings is 2. The Morgan fingerprint density at radius 3 is 2.58 bits per heavy atom. The van der Waals surface area contributed by atoms with E-state index >= 15 is 0 Å². The zero-order valence-electron chi connectivity index (χ0n) is 11.0. The van der Waals surface area contributed by atoms with Crippen LogP contribution >= 0.6 is 0 Å². The molecule has 0 aromatic heterocycles. The topological polar surface area (TPSA) is 49.5 Å². The highest BCUT2D eigenvalue weighted by atomic mass is 16.3. The average Bonchev–Trinajstić information content (AvgIpc) is 2.41. The van der Waals surface area contributed by atoms with Gasteiger partial charge in [-0.2, -0.15) is 0 Å². The van der Waals surface area contributed by atoms with Crippen LogP contribution in [-0.2, 0) is 12.1 Å². The molecule has 2 aromatic rings. The fraction of sp³-hybridized carbons (Fsp3) is 0.250. The van der Waals surface area contributed by atoms with Crippen molar-refractivity contribution in [3.63, 3.8) is 0 Å². The lowest BCUT2D eigenvalue weighted by molar-refractivity contribution is 0.0285. The van der Waals surface area contributed by atoms with Crippen LogP contribution in [0.2, 0.25) is 0 Å². The van der Waals surface area contributed by atoms with Crippen molar-refractivity contribution in [3.05, 3.63) is 65.2 Å². The number of nitrogens with two attached hydrogens (primary N) is 1. The second kappa shape index (κ2) is 4.37.